The van der Waals surface area contributed by atoms with Crippen molar-refractivity contribution >= 4 is 29.6 Å². The third kappa shape index (κ3) is 3.17. The average Bonchev–Trinajstić information content (AvgIpc) is 3.12. The molecule has 4 rings (SSSR count). The molecule has 3 heterocycles. The Bertz CT molecular complexity index is 1060. The summed E-state index contributed by atoms with van der Waals surface area (Å²) in [4.78, 5) is 25.4. The molecule has 0 atom stereocenters. The Labute approximate surface area is 161 Å². The minimum absolute atomic E-state index is 0. The zero-order chi connectivity index (χ0) is 18.3. The minimum atomic E-state index is -0.311. The summed E-state index contributed by atoms with van der Waals surface area (Å²) in [7, 11) is 3.45. The molecule has 27 heavy (non-hydrogen) atoms. The number of carbonyl (C=O) groups excluding carboxylic acids is 1. The number of aromatic nitrogens is 3. The molecule has 1 aliphatic rings. The van der Waals surface area contributed by atoms with Gasteiger partial charge in [0.05, 0.1) is 18.9 Å². The lowest BCUT2D eigenvalue weighted by molar-refractivity contribution is 0.102. The summed E-state index contributed by atoms with van der Waals surface area (Å²) >= 11 is 0. The lowest BCUT2D eigenvalue weighted by atomic mass is 10.1. The van der Waals surface area contributed by atoms with E-state index in [-0.39, 0.29) is 23.9 Å². The zero-order valence-electron chi connectivity index (χ0n) is 15.0. The predicted molar refractivity (Wildman–Crippen MR) is 104 cm³/mol. The first kappa shape index (κ1) is 18.9. The van der Waals surface area contributed by atoms with Gasteiger partial charge in [-0.2, -0.15) is 9.61 Å². The number of benzene rings is 1. The Morgan fingerprint density at radius 3 is 2.74 bits per heavy atom. The van der Waals surface area contributed by atoms with Crippen molar-refractivity contribution in [2.45, 2.75) is 13.0 Å². The molecular formula is C18H20ClN5O3. The molecule has 8 nitrogen and oxygen atoms in total. The van der Waals surface area contributed by atoms with Crippen LogP contribution >= 0.6 is 12.4 Å². The highest BCUT2D eigenvalue weighted by atomic mass is 35.5. The number of methoxy groups -OCH3 is 1. The van der Waals surface area contributed by atoms with Gasteiger partial charge in [-0.1, -0.05) is 0 Å². The molecule has 0 spiro atoms. The van der Waals surface area contributed by atoms with Crippen molar-refractivity contribution in [3.8, 4) is 5.75 Å². The van der Waals surface area contributed by atoms with Crippen molar-refractivity contribution in [2.75, 3.05) is 19.0 Å². The van der Waals surface area contributed by atoms with Crippen LogP contribution in [0.1, 0.15) is 21.6 Å². The first-order chi connectivity index (χ1) is 12.6. The van der Waals surface area contributed by atoms with Crippen LogP contribution in [0.4, 0.5) is 5.69 Å². The summed E-state index contributed by atoms with van der Waals surface area (Å²) in [5, 5.41) is 10.2. The van der Waals surface area contributed by atoms with Gasteiger partial charge in [0.2, 0.25) is 0 Å². The van der Waals surface area contributed by atoms with Gasteiger partial charge in [-0.15, -0.1) is 12.4 Å². The van der Waals surface area contributed by atoms with Crippen LogP contribution in [0, 0.1) is 0 Å². The Kier molecular flexibility index (Phi) is 5.20. The van der Waals surface area contributed by atoms with E-state index >= 15 is 0 Å². The molecule has 9 heteroatoms. The molecule has 1 aromatic carbocycles. The smallest absolute Gasteiger partial charge is 0.279 e. The lowest BCUT2D eigenvalue weighted by Gasteiger charge is -2.20. The van der Waals surface area contributed by atoms with Crippen molar-refractivity contribution < 1.29 is 9.53 Å². The number of nitrogens with zero attached hydrogens (tertiary/aromatic N) is 3. The largest absolute Gasteiger partial charge is 0.497 e. The van der Waals surface area contributed by atoms with Gasteiger partial charge in [0, 0.05) is 37.9 Å². The zero-order valence-corrected chi connectivity index (χ0v) is 15.8. The fraction of sp³-hybridized carbons (Fsp3) is 0.278. The Balaban J connectivity index is 0.00000210. The summed E-state index contributed by atoms with van der Waals surface area (Å²) in [6.45, 7) is 1.32. The number of carbonyl (C=O) groups is 1. The third-order valence-electron chi connectivity index (χ3n) is 4.70. The number of rotatable bonds is 3. The number of nitrogens with one attached hydrogen (secondary N) is 2. The summed E-state index contributed by atoms with van der Waals surface area (Å²) < 4.78 is 8.31. The van der Waals surface area contributed by atoms with E-state index in [9.17, 15) is 9.59 Å². The molecule has 1 aliphatic heterocycles. The second-order valence-corrected chi connectivity index (χ2v) is 6.19. The molecule has 0 fully saturated rings. The number of amides is 1. The van der Waals surface area contributed by atoms with E-state index in [1.54, 1.807) is 31.4 Å². The topological polar surface area (TPSA) is 89.7 Å². The molecule has 0 bridgehead atoms. The number of aryl methyl sites for hydroxylation is 1. The lowest BCUT2D eigenvalue weighted by Crippen LogP contribution is -2.35. The second-order valence-electron chi connectivity index (χ2n) is 6.19. The molecule has 0 saturated carbocycles. The molecule has 0 unspecified atom stereocenters. The van der Waals surface area contributed by atoms with Crippen molar-refractivity contribution in [3.63, 3.8) is 0 Å². The molecule has 142 valence electrons. The van der Waals surface area contributed by atoms with Crippen molar-refractivity contribution in [1.82, 2.24) is 19.5 Å². The van der Waals surface area contributed by atoms with Gasteiger partial charge < -0.3 is 19.9 Å². The maximum atomic E-state index is 12.8. The Morgan fingerprint density at radius 1 is 1.30 bits per heavy atom. The fourth-order valence-electron chi connectivity index (χ4n) is 3.34. The highest BCUT2D eigenvalue weighted by Gasteiger charge is 2.23. The van der Waals surface area contributed by atoms with Crippen LogP contribution in [0.25, 0.3) is 5.65 Å². The summed E-state index contributed by atoms with van der Waals surface area (Å²) in [5.74, 6) is 0.399. The van der Waals surface area contributed by atoms with Crippen LogP contribution in [0.5, 0.6) is 5.75 Å². The van der Waals surface area contributed by atoms with Crippen LogP contribution in [-0.2, 0) is 20.0 Å². The summed E-state index contributed by atoms with van der Waals surface area (Å²) in [6, 6.07) is 7.06. The van der Waals surface area contributed by atoms with E-state index in [1.165, 1.54) is 10.7 Å². The van der Waals surface area contributed by atoms with Gasteiger partial charge in [0.25, 0.3) is 11.5 Å². The van der Waals surface area contributed by atoms with E-state index in [4.69, 9.17) is 4.74 Å². The second kappa shape index (κ2) is 7.42. The summed E-state index contributed by atoms with van der Waals surface area (Å²) in [5.41, 5.74) is 2.98. The van der Waals surface area contributed by atoms with Gasteiger partial charge in [0.15, 0.2) is 5.65 Å². The Morgan fingerprint density at radius 2 is 2.04 bits per heavy atom. The van der Waals surface area contributed by atoms with Crippen molar-refractivity contribution in [2.24, 2.45) is 7.05 Å². The molecule has 2 N–H and O–H groups in total. The third-order valence-corrected chi connectivity index (χ3v) is 4.70. The maximum absolute atomic E-state index is 12.8. The van der Waals surface area contributed by atoms with Crippen LogP contribution in [0.2, 0.25) is 0 Å². The highest BCUT2D eigenvalue weighted by Crippen LogP contribution is 2.19. The molecular weight excluding hydrogens is 370 g/mol. The van der Waals surface area contributed by atoms with E-state index in [2.05, 4.69) is 15.7 Å². The fourth-order valence-corrected chi connectivity index (χ4v) is 3.34. The number of hydrogen-bond donors (Lipinski definition) is 2. The average molecular weight is 390 g/mol. The number of ether oxygens (including phenoxy) is 1. The normalized spacial score (nSPS) is 13.0. The highest BCUT2D eigenvalue weighted by molar-refractivity contribution is 6.08. The maximum Gasteiger partial charge on any atom is 0.279 e. The quantitative estimate of drug-likeness (QED) is 0.706. The molecule has 0 saturated heterocycles. The number of anilines is 1. The minimum Gasteiger partial charge on any atom is -0.497 e. The molecule has 0 aliphatic carbocycles. The predicted octanol–water partition coefficient (Wildman–Crippen LogP) is 1.36. The van der Waals surface area contributed by atoms with E-state index in [0.717, 1.165) is 18.7 Å². The first-order valence-corrected chi connectivity index (χ1v) is 8.34. The van der Waals surface area contributed by atoms with Crippen molar-refractivity contribution in [3.05, 3.63) is 57.6 Å². The van der Waals surface area contributed by atoms with Gasteiger partial charge in [-0.3, -0.25) is 9.59 Å². The number of fused-ring (bicyclic) bond motifs is 2. The van der Waals surface area contributed by atoms with Gasteiger partial charge in [-0.25, -0.2) is 0 Å². The van der Waals surface area contributed by atoms with Crippen LogP contribution in [0.15, 0.2) is 35.3 Å². The molecule has 1 amide bonds. The van der Waals surface area contributed by atoms with Gasteiger partial charge >= 0.3 is 0 Å². The number of hydrogen-bond acceptors (Lipinski definition) is 5. The number of halogens is 1. The first-order valence-electron chi connectivity index (χ1n) is 8.34. The summed E-state index contributed by atoms with van der Waals surface area (Å²) in [6.07, 6.45) is 2.18. The Hall–Kier alpha value is -2.84. The molecule has 0 radical (unpaired) electrons. The van der Waals surface area contributed by atoms with Crippen LogP contribution in [0.3, 0.4) is 0 Å². The van der Waals surface area contributed by atoms with E-state index in [1.807, 2.05) is 11.6 Å². The van der Waals surface area contributed by atoms with Crippen molar-refractivity contribution in [1.29, 1.82) is 0 Å². The van der Waals surface area contributed by atoms with E-state index in [0.29, 0.717) is 34.8 Å². The standard InChI is InChI=1S/C18H19N5O3.ClH/c1-22-15-7-8-19-9-13(15)18(25)23-17(22)14(10-20-23)16(24)21-11-3-5-12(26-2)6-4-11;/h3-6,10,19H,7-9H2,1-2H3,(H,21,24);1H. The molecule has 3 aromatic rings. The molecule has 2 aromatic heterocycles. The van der Waals surface area contributed by atoms with Gasteiger partial charge in [0.1, 0.15) is 11.3 Å². The van der Waals surface area contributed by atoms with Gasteiger partial charge in [-0.05, 0) is 24.3 Å². The monoisotopic (exact) mass is 389 g/mol. The van der Waals surface area contributed by atoms with Crippen LogP contribution < -0.4 is 20.9 Å². The van der Waals surface area contributed by atoms with E-state index < -0.39 is 0 Å². The van der Waals surface area contributed by atoms with Crippen LogP contribution in [-0.4, -0.2) is 33.7 Å². The SMILES string of the molecule is COc1ccc(NC(=O)c2cnn3c(=O)c4c(n(C)c23)CCNC4)cc1.Cl.